The van der Waals surface area contributed by atoms with Crippen molar-refractivity contribution in [1.29, 1.82) is 0 Å². The molecule has 0 spiro atoms. The summed E-state index contributed by atoms with van der Waals surface area (Å²) < 4.78 is 19.7. The van der Waals surface area contributed by atoms with E-state index in [9.17, 15) is 0 Å². The second kappa shape index (κ2) is 7.11. The molecule has 38 heavy (non-hydrogen) atoms. The van der Waals surface area contributed by atoms with Crippen LogP contribution in [0.5, 0.6) is 11.5 Å². The molecule has 5 aromatic carbocycles. The van der Waals surface area contributed by atoms with E-state index in [1.165, 1.54) is 49.0 Å². The Morgan fingerprint density at radius 2 is 1.18 bits per heavy atom. The zero-order chi connectivity index (χ0) is 25.9. The third-order valence-corrected chi connectivity index (χ3v) is 8.22. The fourth-order valence-electron chi connectivity index (χ4n) is 6.21. The Morgan fingerprint density at radius 3 is 1.92 bits per heavy atom. The van der Waals surface area contributed by atoms with Gasteiger partial charge < -0.3 is 18.3 Å². The lowest BCUT2D eigenvalue weighted by molar-refractivity contribution is 0.414. The number of benzene rings is 5. The summed E-state index contributed by atoms with van der Waals surface area (Å²) in [6.45, 7) is 6.86. The monoisotopic (exact) mass is 497 g/mol. The largest absolute Gasteiger partial charge is 0.497 e. The van der Waals surface area contributed by atoms with Crippen LogP contribution in [0.3, 0.4) is 0 Å². The highest BCUT2D eigenvalue weighted by molar-refractivity contribution is 6.25. The van der Waals surface area contributed by atoms with Crippen LogP contribution in [0.2, 0.25) is 0 Å². The molecule has 0 unspecified atom stereocenters. The summed E-state index contributed by atoms with van der Waals surface area (Å²) in [7, 11) is 3.41. The number of nitrogens with zero attached hydrogens (tertiary/aromatic N) is 1. The number of hydrogen-bond acceptors (Lipinski definition) is 3. The maximum atomic E-state index is 6.28. The van der Waals surface area contributed by atoms with Crippen molar-refractivity contribution in [3.05, 3.63) is 78.4 Å². The van der Waals surface area contributed by atoms with Crippen molar-refractivity contribution in [3.8, 4) is 11.5 Å². The first kappa shape index (κ1) is 21.6. The van der Waals surface area contributed by atoms with Crippen molar-refractivity contribution >= 4 is 70.8 Å². The van der Waals surface area contributed by atoms with Crippen LogP contribution in [0, 0.1) is 0 Å². The molecule has 0 N–H and O–H groups in total. The minimum Gasteiger partial charge on any atom is -0.497 e. The molecule has 0 amide bonds. The topological polar surface area (TPSA) is 36.0 Å². The van der Waals surface area contributed by atoms with E-state index >= 15 is 0 Å². The molecule has 0 saturated carbocycles. The van der Waals surface area contributed by atoms with Gasteiger partial charge in [-0.2, -0.15) is 0 Å². The summed E-state index contributed by atoms with van der Waals surface area (Å²) in [5.74, 6) is 1.66. The van der Waals surface area contributed by atoms with Crippen LogP contribution in [0.15, 0.2) is 77.2 Å². The summed E-state index contributed by atoms with van der Waals surface area (Å²) >= 11 is 0. The second-order valence-electron chi connectivity index (χ2n) is 11.4. The summed E-state index contributed by atoms with van der Waals surface area (Å²) in [6, 6.07) is 26.3. The summed E-state index contributed by atoms with van der Waals surface area (Å²) in [4.78, 5) is 0. The van der Waals surface area contributed by atoms with Crippen molar-refractivity contribution in [3.63, 3.8) is 0 Å². The number of methoxy groups -OCH3 is 2. The third kappa shape index (κ3) is 2.75. The number of ether oxygens (including phenoxy) is 2. The molecule has 3 aromatic heterocycles. The average Bonchev–Trinajstić information content (AvgIpc) is 3.54. The number of fused-ring (bicyclic) bond motifs is 10. The van der Waals surface area contributed by atoms with Crippen molar-refractivity contribution in [2.75, 3.05) is 14.2 Å². The molecule has 8 rings (SSSR count). The molecule has 3 heterocycles. The standard InChI is InChI=1S/C34H27NO3/c1-34(2,3)20-14-27-23-8-6-21(36-4)16-30(23)35-29-12-19-13-31-26(24-9-7-22(37-5)17-32(24)38-31)11-18(19)10-25(29)28(15-20)33(27)35/h6-17H,1-5H3. The number of furan rings is 1. The summed E-state index contributed by atoms with van der Waals surface area (Å²) in [6.07, 6.45) is 0. The minimum absolute atomic E-state index is 0.0358. The smallest absolute Gasteiger partial charge is 0.139 e. The van der Waals surface area contributed by atoms with Gasteiger partial charge in [0.15, 0.2) is 0 Å². The maximum absolute atomic E-state index is 6.28. The molecule has 4 heteroatoms. The average molecular weight is 498 g/mol. The van der Waals surface area contributed by atoms with Crippen LogP contribution in [0.4, 0.5) is 0 Å². The van der Waals surface area contributed by atoms with Gasteiger partial charge in [0, 0.05) is 44.5 Å². The molecular weight excluding hydrogens is 470 g/mol. The Labute approximate surface area is 219 Å². The van der Waals surface area contributed by atoms with E-state index in [4.69, 9.17) is 13.9 Å². The Morgan fingerprint density at radius 1 is 0.579 bits per heavy atom. The van der Waals surface area contributed by atoms with E-state index in [2.05, 4.69) is 85.8 Å². The first-order valence-electron chi connectivity index (χ1n) is 13.0. The van der Waals surface area contributed by atoms with Crippen LogP contribution in [0.1, 0.15) is 26.3 Å². The fourth-order valence-corrected chi connectivity index (χ4v) is 6.21. The molecule has 0 aliphatic heterocycles. The molecule has 0 atom stereocenters. The first-order chi connectivity index (χ1) is 18.3. The molecule has 0 aliphatic carbocycles. The molecule has 0 saturated heterocycles. The highest BCUT2D eigenvalue weighted by Crippen LogP contribution is 2.44. The van der Waals surface area contributed by atoms with Gasteiger partial charge in [0.1, 0.15) is 22.7 Å². The molecular formula is C34H27NO3. The van der Waals surface area contributed by atoms with Gasteiger partial charge >= 0.3 is 0 Å². The molecule has 0 fully saturated rings. The quantitative estimate of drug-likeness (QED) is 0.239. The zero-order valence-corrected chi connectivity index (χ0v) is 22.1. The SMILES string of the molecule is COc1ccc2c(c1)oc1cc3cc4c(cc3cc12)c1cc(C(C)(C)C)cc2c3ccc(OC)cc3n4c21. The molecule has 8 aromatic rings. The lowest BCUT2D eigenvalue weighted by Gasteiger charge is -2.19. The van der Waals surface area contributed by atoms with E-state index in [0.29, 0.717) is 0 Å². The van der Waals surface area contributed by atoms with E-state index in [1.54, 1.807) is 14.2 Å². The van der Waals surface area contributed by atoms with Gasteiger partial charge in [-0.05, 0) is 82.4 Å². The Balaban J connectivity index is 1.54. The van der Waals surface area contributed by atoms with Gasteiger partial charge in [-0.15, -0.1) is 0 Å². The predicted molar refractivity (Wildman–Crippen MR) is 158 cm³/mol. The number of hydrogen-bond donors (Lipinski definition) is 0. The Hall–Kier alpha value is -4.44. The van der Waals surface area contributed by atoms with E-state index < -0.39 is 0 Å². The van der Waals surface area contributed by atoms with Crippen molar-refractivity contribution in [2.24, 2.45) is 0 Å². The van der Waals surface area contributed by atoms with Gasteiger partial charge in [0.2, 0.25) is 0 Å². The van der Waals surface area contributed by atoms with Crippen LogP contribution < -0.4 is 9.47 Å². The normalized spacial score (nSPS) is 12.9. The van der Waals surface area contributed by atoms with Crippen LogP contribution >= 0.6 is 0 Å². The minimum atomic E-state index is 0.0358. The molecule has 4 nitrogen and oxygen atoms in total. The number of aromatic nitrogens is 1. The van der Waals surface area contributed by atoms with Gasteiger partial charge in [0.05, 0.1) is 30.8 Å². The first-order valence-corrected chi connectivity index (χ1v) is 13.0. The lowest BCUT2D eigenvalue weighted by Crippen LogP contribution is -2.10. The van der Waals surface area contributed by atoms with Crippen LogP contribution in [-0.4, -0.2) is 18.6 Å². The maximum Gasteiger partial charge on any atom is 0.139 e. The Bertz CT molecular complexity index is 2240. The lowest BCUT2D eigenvalue weighted by atomic mass is 9.85. The second-order valence-corrected chi connectivity index (χ2v) is 11.4. The fraction of sp³-hybridized carbons (Fsp3) is 0.176. The summed E-state index contributed by atoms with van der Waals surface area (Å²) in [5, 5.41) is 9.69. The third-order valence-electron chi connectivity index (χ3n) is 8.22. The molecule has 186 valence electrons. The highest BCUT2D eigenvalue weighted by atomic mass is 16.5. The number of rotatable bonds is 2. The molecule has 0 radical (unpaired) electrons. The zero-order valence-electron chi connectivity index (χ0n) is 22.1. The van der Waals surface area contributed by atoms with Gasteiger partial charge in [-0.25, -0.2) is 0 Å². The van der Waals surface area contributed by atoms with Crippen molar-refractivity contribution < 1.29 is 13.9 Å². The van der Waals surface area contributed by atoms with E-state index in [1.807, 2.05) is 12.1 Å². The van der Waals surface area contributed by atoms with E-state index in [-0.39, 0.29) is 5.41 Å². The van der Waals surface area contributed by atoms with Gasteiger partial charge in [-0.1, -0.05) is 20.8 Å². The Kier molecular flexibility index (Phi) is 4.04. The highest BCUT2D eigenvalue weighted by Gasteiger charge is 2.23. The molecule has 0 aliphatic rings. The van der Waals surface area contributed by atoms with Crippen LogP contribution in [0.25, 0.3) is 70.8 Å². The molecule has 0 bridgehead atoms. The van der Waals surface area contributed by atoms with Crippen molar-refractivity contribution in [2.45, 2.75) is 26.2 Å². The predicted octanol–water partition coefficient (Wildman–Crippen LogP) is 9.20. The van der Waals surface area contributed by atoms with Crippen molar-refractivity contribution in [1.82, 2.24) is 4.40 Å². The van der Waals surface area contributed by atoms with Crippen LogP contribution in [-0.2, 0) is 5.41 Å². The van der Waals surface area contributed by atoms with E-state index in [0.717, 1.165) is 38.8 Å². The van der Waals surface area contributed by atoms with Gasteiger partial charge in [-0.3, -0.25) is 0 Å². The summed E-state index contributed by atoms with van der Waals surface area (Å²) in [5.41, 5.74) is 6.74. The van der Waals surface area contributed by atoms with Gasteiger partial charge in [0.25, 0.3) is 0 Å².